The third kappa shape index (κ3) is 5.20. The van der Waals surface area contributed by atoms with E-state index in [2.05, 4.69) is 15.6 Å². The molecular formula is C22H21N3O3S2. The number of para-hydroxylation sites is 1. The maximum atomic E-state index is 12.9. The minimum atomic E-state index is -0.316. The molecule has 0 bridgehead atoms. The van der Waals surface area contributed by atoms with Crippen LogP contribution in [-0.4, -0.2) is 35.1 Å². The summed E-state index contributed by atoms with van der Waals surface area (Å²) in [5.41, 5.74) is 0.901. The number of ether oxygens (including phenoxy) is 1. The molecule has 30 heavy (non-hydrogen) atoms. The second-order valence-electron chi connectivity index (χ2n) is 6.78. The second-order valence-corrected chi connectivity index (χ2v) is 8.89. The predicted molar refractivity (Wildman–Crippen MR) is 119 cm³/mol. The number of carbonyl (C=O) groups is 2. The molecule has 0 aliphatic carbocycles. The molecule has 0 unspecified atom stereocenters. The van der Waals surface area contributed by atoms with Crippen LogP contribution < -0.4 is 15.4 Å². The van der Waals surface area contributed by atoms with Crippen molar-refractivity contribution in [2.24, 2.45) is 0 Å². The van der Waals surface area contributed by atoms with E-state index in [1.165, 1.54) is 11.3 Å². The molecule has 154 valence electrons. The fraction of sp³-hybridized carbons (Fsp3) is 0.227. The number of rotatable bonds is 6. The lowest BCUT2D eigenvalue weighted by Gasteiger charge is -2.18. The summed E-state index contributed by atoms with van der Waals surface area (Å²) in [7, 11) is 0. The summed E-state index contributed by atoms with van der Waals surface area (Å²) in [6.45, 7) is 0.384. The van der Waals surface area contributed by atoms with E-state index in [0.717, 1.165) is 23.5 Å². The molecule has 0 saturated carbocycles. The van der Waals surface area contributed by atoms with Gasteiger partial charge < -0.3 is 15.4 Å². The third-order valence-electron chi connectivity index (χ3n) is 4.61. The molecule has 0 radical (unpaired) electrons. The molecule has 3 aromatic rings. The van der Waals surface area contributed by atoms with E-state index in [0.29, 0.717) is 17.3 Å². The Morgan fingerprint density at radius 2 is 2.00 bits per heavy atom. The van der Waals surface area contributed by atoms with E-state index in [4.69, 9.17) is 4.74 Å². The zero-order valence-electron chi connectivity index (χ0n) is 16.1. The molecule has 1 aliphatic rings. The minimum absolute atomic E-state index is 0.0529. The van der Waals surface area contributed by atoms with Crippen LogP contribution in [-0.2, 0) is 4.79 Å². The van der Waals surface area contributed by atoms with Crippen LogP contribution in [0.1, 0.15) is 27.0 Å². The van der Waals surface area contributed by atoms with Gasteiger partial charge in [0.15, 0.2) is 5.01 Å². The minimum Gasteiger partial charge on any atom is -0.457 e. The molecule has 2 aromatic carbocycles. The summed E-state index contributed by atoms with van der Waals surface area (Å²) in [5, 5.41) is 7.80. The first-order valence-corrected chi connectivity index (χ1v) is 11.5. The highest BCUT2D eigenvalue weighted by Crippen LogP contribution is 2.34. The van der Waals surface area contributed by atoms with Gasteiger partial charge in [0.1, 0.15) is 16.7 Å². The van der Waals surface area contributed by atoms with Crippen molar-refractivity contribution < 1.29 is 14.3 Å². The van der Waals surface area contributed by atoms with Crippen LogP contribution in [0.4, 0.5) is 0 Å². The van der Waals surface area contributed by atoms with E-state index in [1.54, 1.807) is 23.3 Å². The molecule has 1 aromatic heterocycles. The van der Waals surface area contributed by atoms with Crippen LogP contribution in [0.25, 0.3) is 0 Å². The molecule has 2 amide bonds. The Kier molecular flexibility index (Phi) is 6.66. The molecule has 1 saturated heterocycles. The molecule has 1 fully saturated rings. The summed E-state index contributed by atoms with van der Waals surface area (Å²) in [4.78, 5) is 29.0. The number of thiazole rings is 1. The van der Waals surface area contributed by atoms with Crippen molar-refractivity contribution in [2.45, 2.75) is 17.7 Å². The number of hydrogen-bond donors (Lipinski definition) is 2. The molecule has 2 heterocycles. The first kappa shape index (κ1) is 20.4. The molecule has 1 aliphatic heterocycles. The summed E-state index contributed by atoms with van der Waals surface area (Å²) >= 11 is 2.90. The fourth-order valence-electron chi connectivity index (χ4n) is 3.15. The highest BCUT2D eigenvalue weighted by molar-refractivity contribution is 8.00. The third-order valence-corrected chi connectivity index (χ3v) is 6.67. The number of thioether (sulfide) groups is 1. The summed E-state index contributed by atoms with van der Waals surface area (Å²) < 4.78 is 5.90. The number of nitrogens with zero attached hydrogens (tertiary/aromatic N) is 1. The van der Waals surface area contributed by atoms with Crippen molar-refractivity contribution in [3.8, 4) is 11.5 Å². The summed E-state index contributed by atoms with van der Waals surface area (Å²) in [6.07, 6.45) is 2.38. The Morgan fingerprint density at radius 3 is 2.80 bits per heavy atom. The number of amides is 2. The fourth-order valence-corrected chi connectivity index (χ4v) is 4.91. The maximum absolute atomic E-state index is 12.9. The van der Waals surface area contributed by atoms with E-state index in [-0.39, 0.29) is 23.1 Å². The number of aromatic nitrogens is 1. The molecule has 4 rings (SSSR count). The van der Waals surface area contributed by atoms with Crippen LogP contribution in [0.5, 0.6) is 11.5 Å². The van der Waals surface area contributed by atoms with Crippen LogP contribution in [0.2, 0.25) is 0 Å². The monoisotopic (exact) mass is 439 g/mol. The Labute approximate surface area is 183 Å². The van der Waals surface area contributed by atoms with Crippen LogP contribution in [0, 0.1) is 0 Å². The van der Waals surface area contributed by atoms with Crippen molar-refractivity contribution in [1.29, 1.82) is 0 Å². The summed E-state index contributed by atoms with van der Waals surface area (Å²) in [6, 6.07) is 17.1. The second kappa shape index (κ2) is 9.77. The average molecular weight is 440 g/mol. The van der Waals surface area contributed by atoms with Gasteiger partial charge in [0.25, 0.3) is 5.91 Å². The number of nitrogens with one attached hydrogen (secondary N) is 2. The molecule has 8 heteroatoms. The first-order valence-electron chi connectivity index (χ1n) is 9.61. The molecule has 0 spiro atoms. The lowest BCUT2D eigenvalue weighted by atomic mass is 10.1. The number of benzene rings is 2. The van der Waals surface area contributed by atoms with Gasteiger partial charge in [0.05, 0.1) is 0 Å². The van der Waals surface area contributed by atoms with Crippen molar-refractivity contribution in [3.63, 3.8) is 0 Å². The lowest BCUT2D eigenvalue weighted by Crippen LogP contribution is -2.43. The van der Waals surface area contributed by atoms with Gasteiger partial charge in [-0.15, -0.1) is 23.1 Å². The zero-order chi connectivity index (χ0) is 20.8. The van der Waals surface area contributed by atoms with E-state index in [9.17, 15) is 9.59 Å². The van der Waals surface area contributed by atoms with Gasteiger partial charge in [-0.3, -0.25) is 9.59 Å². The molecule has 2 N–H and O–H groups in total. The number of carbonyl (C=O) groups excluding carboxylic acids is 2. The van der Waals surface area contributed by atoms with Crippen molar-refractivity contribution in [1.82, 2.24) is 15.6 Å². The van der Waals surface area contributed by atoms with Gasteiger partial charge in [-0.2, -0.15) is 0 Å². The van der Waals surface area contributed by atoms with Crippen molar-refractivity contribution in [2.75, 3.05) is 12.3 Å². The van der Waals surface area contributed by atoms with Gasteiger partial charge >= 0.3 is 0 Å². The SMILES string of the molecule is O=C(NC[C@@H]1CCS[C@H](c2cccc(Oc3ccccc3)c2)C(=O)N1)c1nccs1. The summed E-state index contributed by atoms with van der Waals surface area (Å²) in [5.74, 6) is 2.00. The van der Waals surface area contributed by atoms with Crippen LogP contribution in [0.3, 0.4) is 0 Å². The topological polar surface area (TPSA) is 80.3 Å². The van der Waals surface area contributed by atoms with E-state index < -0.39 is 0 Å². The molecular weight excluding hydrogens is 418 g/mol. The maximum Gasteiger partial charge on any atom is 0.280 e. The van der Waals surface area contributed by atoms with Gasteiger partial charge in [-0.1, -0.05) is 30.3 Å². The van der Waals surface area contributed by atoms with Gasteiger partial charge in [-0.25, -0.2) is 4.98 Å². The Bertz CT molecular complexity index is 996. The van der Waals surface area contributed by atoms with Gasteiger partial charge in [-0.05, 0) is 42.0 Å². The van der Waals surface area contributed by atoms with Gasteiger partial charge in [0, 0.05) is 24.2 Å². The predicted octanol–water partition coefficient (Wildman–Crippen LogP) is 4.03. The van der Waals surface area contributed by atoms with Gasteiger partial charge in [0.2, 0.25) is 5.91 Å². The Morgan fingerprint density at radius 1 is 1.17 bits per heavy atom. The highest BCUT2D eigenvalue weighted by atomic mass is 32.2. The quantitative estimate of drug-likeness (QED) is 0.606. The highest BCUT2D eigenvalue weighted by Gasteiger charge is 2.28. The Balaban J connectivity index is 1.38. The van der Waals surface area contributed by atoms with Crippen LogP contribution >= 0.6 is 23.1 Å². The number of hydrogen-bond acceptors (Lipinski definition) is 6. The molecule has 6 nitrogen and oxygen atoms in total. The average Bonchev–Trinajstić information content (AvgIpc) is 3.24. The van der Waals surface area contributed by atoms with Crippen LogP contribution in [0.15, 0.2) is 66.2 Å². The standard InChI is InChI=1S/C22H21N3O3S2/c26-20-19(15-5-4-8-18(13-15)28-17-6-2-1-3-7-17)29-11-9-16(25-20)14-24-21(27)22-23-10-12-30-22/h1-8,10,12-13,16,19H,9,11,14H2,(H,24,27)(H,25,26)/t16-,19+/m0/s1. The first-order chi connectivity index (χ1) is 14.7. The lowest BCUT2D eigenvalue weighted by molar-refractivity contribution is -0.121. The molecule has 2 atom stereocenters. The van der Waals surface area contributed by atoms with E-state index >= 15 is 0 Å². The van der Waals surface area contributed by atoms with Crippen molar-refractivity contribution in [3.05, 3.63) is 76.7 Å². The Hall–Kier alpha value is -2.84. The largest absolute Gasteiger partial charge is 0.457 e. The zero-order valence-corrected chi connectivity index (χ0v) is 17.7. The normalized spacial score (nSPS) is 18.9. The van der Waals surface area contributed by atoms with E-state index in [1.807, 2.05) is 54.6 Å². The van der Waals surface area contributed by atoms with Crippen molar-refractivity contribution >= 4 is 34.9 Å². The smallest absolute Gasteiger partial charge is 0.280 e.